The number of hydrogen-bond donors (Lipinski definition) is 3. The quantitative estimate of drug-likeness (QED) is 0.356. The molecule has 1 rings (SSSR count). The van der Waals surface area contributed by atoms with Gasteiger partial charge in [-0.2, -0.15) is 0 Å². The summed E-state index contributed by atoms with van der Waals surface area (Å²) in [5, 5.41) is 0. The average Bonchev–Trinajstić information content (AvgIpc) is 1.97. The van der Waals surface area contributed by atoms with Crippen molar-refractivity contribution in [2.75, 3.05) is 17.7 Å². The number of thiol groups is 1. The summed E-state index contributed by atoms with van der Waals surface area (Å²) >= 11 is 5.72. The molecule has 0 atom stereocenters. The summed E-state index contributed by atoms with van der Waals surface area (Å²) in [5.41, 5.74) is 12.7. The summed E-state index contributed by atoms with van der Waals surface area (Å²) in [6, 6.07) is 3.60. The van der Waals surface area contributed by atoms with Gasteiger partial charge in [-0.05, 0) is 18.4 Å². The van der Waals surface area contributed by atoms with E-state index < -0.39 is 0 Å². The molecule has 4 heteroatoms. The molecule has 60 valence electrons. The zero-order valence-electron chi connectivity index (χ0n) is 6.16. The molecule has 0 unspecified atom stereocenters. The fourth-order valence-corrected chi connectivity index (χ4v) is 1.52. The molecule has 0 saturated carbocycles. The van der Waals surface area contributed by atoms with Gasteiger partial charge >= 0.3 is 0 Å². The Morgan fingerprint density at radius 2 is 1.91 bits per heavy atom. The second-order valence-corrected chi connectivity index (χ2v) is 3.48. The van der Waals surface area contributed by atoms with Crippen LogP contribution in [0.5, 0.6) is 0 Å². The van der Waals surface area contributed by atoms with Gasteiger partial charge in [0.25, 0.3) is 0 Å². The van der Waals surface area contributed by atoms with Gasteiger partial charge in [0.05, 0.1) is 0 Å². The highest BCUT2D eigenvalue weighted by Crippen LogP contribution is 2.29. The predicted molar refractivity (Wildman–Crippen MR) is 54.3 cm³/mol. The van der Waals surface area contributed by atoms with E-state index >= 15 is 0 Å². The summed E-state index contributed by atoms with van der Waals surface area (Å²) < 4.78 is 0. The Morgan fingerprint density at radius 3 is 2.45 bits per heavy atom. The number of benzene rings is 1. The molecule has 0 amide bonds. The lowest BCUT2D eigenvalue weighted by molar-refractivity contribution is 1.37. The van der Waals surface area contributed by atoms with Crippen LogP contribution in [0.3, 0.4) is 0 Å². The van der Waals surface area contributed by atoms with Gasteiger partial charge < -0.3 is 11.5 Å². The van der Waals surface area contributed by atoms with Gasteiger partial charge in [0.2, 0.25) is 0 Å². The second-order valence-electron chi connectivity index (χ2n) is 2.15. The molecule has 1 aromatic carbocycles. The normalized spacial score (nSPS) is 10.0. The van der Waals surface area contributed by atoms with Gasteiger partial charge in [-0.1, -0.05) is 0 Å². The van der Waals surface area contributed by atoms with Crippen molar-refractivity contribution < 1.29 is 0 Å². The SMILES string of the molecule is CSc1cc(N)c(S)cc1N. The summed E-state index contributed by atoms with van der Waals surface area (Å²) in [6.45, 7) is 0. The number of hydrogen-bond acceptors (Lipinski definition) is 4. The highest BCUT2D eigenvalue weighted by molar-refractivity contribution is 7.98. The maximum Gasteiger partial charge on any atom is 0.0464 e. The summed E-state index contributed by atoms with van der Waals surface area (Å²) in [7, 11) is 0. The van der Waals surface area contributed by atoms with E-state index in [1.54, 1.807) is 17.8 Å². The largest absolute Gasteiger partial charge is 0.398 e. The molecule has 0 aromatic heterocycles. The van der Waals surface area contributed by atoms with Gasteiger partial charge in [0, 0.05) is 21.2 Å². The van der Waals surface area contributed by atoms with E-state index in [0.29, 0.717) is 5.69 Å². The molecule has 1 aromatic rings. The maximum absolute atomic E-state index is 5.68. The summed E-state index contributed by atoms with van der Waals surface area (Å²) in [5.74, 6) is 0. The number of thioether (sulfide) groups is 1. The number of nitrogen functional groups attached to an aromatic ring is 2. The smallest absolute Gasteiger partial charge is 0.0464 e. The second kappa shape index (κ2) is 3.28. The monoisotopic (exact) mass is 186 g/mol. The number of rotatable bonds is 1. The molecule has 11 heavy (non-hydrogen) atoms. The molecule has 0 heterocycles. The maximum atomic E-state index is 5.68. The summed E-state index contributed by atoms with van der Waals surface area (Å²) in [4.78, 5) is 1.74. The van der Waals surface area contributed by atoms with Gasteiger partial charge in [0.15, 0.2) is 0 Å². The van der Waals surface area contributed by atoms with Gasteiger partial charge in [-0.3, -0.25) is 0 Å². The van der Waals surface area contributed by atoms with Gasteiger partial charge in [-0.15, -0.1) is 24.4 Å². The Bertz CT molecular complexity index is 273. The minimum atomic E-state index is 0.673. The molecule has 0 aliphatic heterocycles. The van der Waals surface area contributed by atoms with E-state index in [-0.39, 0.29) is 0 Å². The Labute approximate surface area is 75.8 Å². The van der Waals surface area contributed by atoms with E-state index in [9.17, 15) is 0 Å². The van der Waals surface area contributed by atoms with Crippen molar-refractivity contribution in [3.8, 4) is 0 Å². The molecule has 0 spiro atoms. The van der Waals surface area contributed by atoms with Crippen LogP contribution in [0.1, 0.15) is 0 Å². The van der Waals surface area contributed by atoms with Crippen LogP contribution in [-0.2, 0) is 0 Å². The van der Waals surface area contributed by atoms with E-state index in [2.05, 4.69) is 12.6 Å². The Morgan fingerprint density at radius 1 is 1.27 bits per heavy atom. The van der Waals surface area contributed by atoms with Gasteiger partial charge in [-0.25, -0.2) is 0 Å². The van der Waals surface area contributed by atoms with E-state index in [4.69, 9.17) is 11.5 Å². The van der Waals surface area contributed by atoms with Gasteiger partial charge in [0.1, 0.15) is 0 Å². The molecular formula is C7H10N2S2. The van der Waals surface area contributed by atoms with Crippen molar-refractivity contribution in [2.45, 2.75) is 9.79 Å². The third-order valence-electron chi connectivity index (χ3n) is 1.38. The highest BCUT2D eigenvalue weighted by Gasteiger charge is 2.00. The topological polar surface area (TPSA) is 52.0 Å². The van der Waals surface area contributed by atoms with Crippen LogP contribution in [0.15, 0.2) is 21.9 Å². The zero-order valence-corrected chi connectivity index (χ0v) is 7.88. The molecule has 0 fully saturated rings. The van der Waals surface area contributed by atoms with Crippen molar-refractivity contribution in [2.24, 2.45) is 0 Å². The fraction of sp³-hybridized carbons (Fsp3) is 0.143. The van der Waals surface area contributed by atoms with E-state index in [1.807, 2.05) is 12.3 Å². The van der Waals surface area contributed by atoms with Crippen LogP contribution in [0.25, 0.3) is 0 Å². The lowest BCUT2D eigenvalue weighted by Gasteiger charge is -2.05. The van der Waals surface area contributed by atoms with Crippen molar-refractivity contribution >= 4 is 35.8 Å². The molecule has 0 aliphatic rings. The molecule has 0 aliphatic carbocycles. The van der Waals surface area contributed by atoms with Crippen molar-refractivity contribution in [3.63, 3.8) is 0 Å². The van der Waals surface area contributed by atoms with Crippen LogP contribution < -0.4 is 11.5 Å². The highest BCUT2D eigenvalue weighted by atomic mass is 32.2. The predicted octanol–water partition coefficient (Wildman–Crippen LogP) is 1.86. The molecule has 0 radical (unpaired) electrons. The van der Waals surface area contributed by atoms with Crippen molar-refractivity contribution in [1.82, 2.24) is 0 Å². The Hall–Kier alpha value is -0.480. The number of anilines is 2. The minimum Gasteiger partial charge on any atom is -0.398 e. The van der Waals surface area contributed by atoms with E-state index in [0.717, 1.165) is 15.5 Å². The lowest BCUT2D eigenvalue weighted by atomic mass is 10.3. The fourth-order valence-electron chi connectivity index (χ4n) is 0.777. The average molecular weight is 186 g/mol. The van der Waals surface area contributed by atoms with Crippen molar-refractivity contribution in [3.05, 3.63) is 12.1 Å². The van der Waals surface area contributed by atoms with E-state index in [1.165, 1.54) is 0 Å². The summed E-state index contributed by atoms with van der Waals surface area (Å²) in [6.07, 6.45) is 1.96. The van der Waals surface area contributed by atoms with Crippen LogP contribution in [0, 0.1) is 0 Å². The van der Waals surface area contributed by atoms with Crippen LogP contribution in [-0.4, -0.2) is 6.26 Å². The van der Waals surface area contributed by atoms with Crippen LogP contribution in [0.2, 0.25) is 0 Å². The zero-order chi connectivity index (χ0) is 8.43. The molecule has 4 N–H and O–H groups in total. The standard InChI is InChI=1S/C7H10N2S2/c1-11-7-3-4(8)6(10)2-5(7)9/h2-3,10H,8-9H2,1H3. The molecule has 2 nitrogen and oxygen atoms in total. The first-order chi connectivity index (χ1) is 5.15. The third kappa shape index (κ3) is 1.75. The molecule has 0 bridgehead atoms. The number of nitrogens with two attached hydrogens (primary N) is 2. The lowest BCUT2D eigenvalue weighted by Crippen LogP contribution is -1.93. The Balaban J connectivity index is 3.21. The first-order valence-electron chi connectivity index (χ1n) is 3.07. The molecule has 0 saturated heterocycles. The Kier molecular flexibility index (Phi) is 2.57. The van der Waals surface area contributed by atoms with Crippen molar-refractivity contribution in [1.29, 1.82) is 0 Å². The van der Waals surface area contributed by atoms with Crippen LogP contribution >= 0.6 is 24.4 Å². The third-order valence-corrected chi connectivity index (χ3v) is 2.56. The minimum absolute atomic E-state index is 0.673. The molecular weight excluding hydrogens is 176 g/mol. The van der Waals surface area contributed by atoms with Crippen LogP contribution in [0.4, 0.5) is 11.4 Å². The first kappa shape index (κ1) is 8.62. The first-order valence-corrected chi connectivity index (χ1v) is 4.74.